The normalized spacial score (nSPS) is 11.0. The molecule has 3 aromatic heterocycles. The third kappa shape index (κ3) is 4.05. The number of thioether (sulfide) groups is 1. The van der Waals surface area contributed by atoms with Crippen LogP contribution in [0.4, 0.5) is 5.13 Å². The maximum atomic E-state index is 12.3. The second kappa shape index (κ2) is 8.49. The van der Waals surface area contributed by atoms with E-state index in [9.17, 15) is 4.79 Å². The first-order valence-electron chi connectivity index (χ1n) is 8.64. The van der Waals surface area contributed by atoms with Crippen LogP contribution in [0, 0.1) is 0 Å². The first kappa shape index (κ1) is 18.6. The fourth-order valence-corrected chi connectivity index (χ4v) is 4.43. The van der Waals surface area contributed by atoms with Crippen LogP contribution in [0.3, 0.4) is 0 Å². The first-order chi connectivity index (χ1) is 13.7. The van der Waals surface area contributed by atoms with Gasteiger partial charge in [0.05, 0.1) is 19.4 Å². The van der Waals surface area contributed by atoms with Gasteiger partial charge in [0.25, 0.3) is 0 Å². The van der Waals surface area contributed by atoms with Crippen LogP contribution in [0.25, 0.3) is 11.0 Å². The molecule has 4 rings (SSSR count). The molecule has 0 saturated carbocycles. The number of furan rings is 2. The highest BCUT2D eigenvalue weighted by Gasteiger charge is 2.22. The smallest absolute Gasteiger partial charge is 0.374 e. The second-order valence-corrected chi connectivity index (χ2v) is 7.92. The highest BCUT2D eigenvalue weighted by atomic mass is 32.2. The molecule has 0 aliphatic carbocycles. The Morgan fingerprint density at radius 1 is 1.25 bits per heavy atom. The molecule has 7 nitrogen and oxygen atoms in total. The highest BCUT2D eigenvalue weighted by molar-refractivity contribution is 8.00. The maximum Gasteiger partial charge on any atom is 0.374 e. The lowest BCUT2D eigenvalue weighted by Crippen LogP contribution is -2.05. The van der Waals surface area contributed by atoms with Gasteiger partial charge in [-0.15, -0.1) is 10.2 Å². The van der Waals surface area contributed by atoms with E-state index in [2.05, 4.69) is 15.5 Å². The first-order valence-corrected chi connectivity index (χ1v) is 10.4. The Balaban J connectivity index is 1.48. The fourth-order valence-electron chi connectivity index (χ4n) is 2.65. The molecular formula is C19H17N3O4S2. The number of rotatable bonds is 8. The van der Waals surface area contributed by atoms with Crippen molar-refractivity contribution in [3.63, 3.8) is 0 Å². The summed E-state index contributed by atoms with van der Waals surface area (Å²) in [6.45, 7) is 2.61. The van der Waals surface area contributed by atoms with Crippen molar-refractivity contribution < 1.29 is 18.4 Å². The van der Waals surface area contributed by atoms with Crippen molar-refractivity contribution in [1.82, 2.24) is 10.2 Å². The number of hydrogen-bond acceptors (Lipinski definition) is 9. The molecular weight excluding hydrogens is 398 g/mol. The summed E-state index contributed by atoms with van der Waals surface area (Å²) in [5.41, 5.74) is 1.47. The Labute approximate surface area is 169 Å². The molecule has 1 N–H and O–H groups in total. The zero-order chi connectivity index (χ0) is 19.3. The van der Waals surface area contributed by atoms with E-state index in [0.717, 1.165) is 21.0 Å². The van der Waals surface area contributed by atoms with Gasteiger partial charge in [0.2, 0.25) is 10.9 Å². The van der Waals surface area contributed by atoms with E-state index in [-0.39, 0.29) is 5.76 Å². The van der Waals surface area contributed by atoms with Crippen LogP contribution >= 0.6 is 23.1 Å². The molecule has 0 spiro atoms. The van der Waals surface area contributed by atoms with Crippen molar-refractivity contribution in [3.8, 4) is 0 Å². The van der Waals surface area contributed by atoms with Gasteiger partial charge in [-0.1, -0.05) is 41.3 Å². The van der Waals surface area contributed by atoms with Crippen LogP contribution in [0.2, 0.25) is 0 Å². The molecule has 1 aromatic carbocycles. The van der Waals surface area contributed by atoms with Gasteiger partial charge < -0.3 is 18.9 Å². The Hall–Kier alpha value is -2.78. The van der Waals surface area contributed by atoms with E-state index in [1.807, 2.05) is 36.4 Å². The van der Waals surface area contributed by atoms with Crippen molar-refractivity contribution in [3.05, 3.63) is 59.7 Å². The average Bonchev–Trinajstić information content (AvgIpc) is 3.44. The van der Waals surface area contributed by atoms with Gasteiger partial charge in [-0.05, 0) is 25.1 Å². The Kier molecular flexibility index (Phi) is 5.63. The van der Waals surface area contributed by atoms with Gasteiger partial charge in [-0.25, -0.2) is 4.79 Å². The van der Waals surface area contributed by atoms with E-state index < -0.39 is 5.97 Å². The number of aromatic nitrogens is 2. The Morgan fingerprint density at radius 3 is 2.96 bits per heavy atom. The molecule has 0 aliphatic heterocycles. The molecule has 0 radical (unpaired) electrons. The quantitative estimate of drug-likeness (QED) is 0.319. The Bertz CT molecular complexity index is 1070. The summed E-state index contributed by atoms with van der Waals surface area (Å²) in [6.07, 6.45) is 1.63. The molecule has 0 aliphatic rings. The maximum absolute atomic E-state index is 12.3. The van der Waals surface area contributed by atoms with E-state index in [1.165, 1.54) is 23.1 Å². The van der Waals surface area contributed by atoms with Crippen LogP contribution in [-0.2, 0) is 17.0 Å². The third-order valence-corrected chi connectivity index (χ3v) is 5.94. The molecule has 0 fully saturated rings. The topological polar surface area (TPSA) is 90.4 Å². The summed E-state index contributed by atoms with van der Waals surface area (Å²) in [4.78, 5) is 12.3. The number of esters is 1. The molecule has 4 aromatic rings. The number of carbonyl (C=O) groups is 1. The number of carbonyl (C=O) groups excluding carboxylic acids is 1. The lowest BCUT2D eigenvalue weighted by atomic mass is 10.1. The molecule has 0 saturated heterocycles. The van der Waals surface area contributed by atoms with Crippen molar-refractivity contribution >= 4 is 45.2 Å². The average molecular weight is 415 g/mol. The fraction of sp³-hybridized carbons (Fsp3) is 0.211. The molecule has 28 heavy (non-hydrogen) atoms. The van der Waals surface area contributed by atoms with Gasteiger partial charge in [0, 0.05) is 16.7 Å². The van der Waals surface area contributed by atoms with Gasteiger partial charge in [-0.3, -0.25) is 0 Å². The minimum Gasteiger partial charge on any atom is -0.467 e. The van der Waals surface area contributed by atoms with Gasteiger partial charge in [-0.2, -0.15) is 0 Å². The van der Waals surface area contributed by atoms with Gasteiger partial charge in [0.15, 0.2) is 4.34 Å². The molecule has 0 amide bonds. The molecule has 0 atom stereocenters. The monoisotopic (exact) mass is 415 g/mol. The SMILES string of the molecule is CCOC(=O)c1oc2ccccc2c1CSc1nnc(NCc2ccco2)s1. The van der Waals surface area contributed by atoms with Crippen molar-refractivity contribution in [2.75, 3.05) is 11.9 Å². The molecule has 0 bridgehead atoms. The van der Waals surface area contributed by atoms with E-state index in [1.54, 1.807) is 13.2 Å². The minimum atomic E-state index is -0.452. The largest absolute Gasteiger partial charge is 0.467 e. The molecule has 144 valence electrons. The number of para-hydroxylation sites is 1. The predicted octanol–water partition coefficient (Wildman–Crippen LogP) is 4.96. The van der Waals surface area contributed by atoms with Crippen molar-refractivity contribution in [1.29, 1.82) is 0 Å². The molecule has 0 unspecified atom stereocenters. The van der Waals surface area contributed by atoms with E-state index in [4.69, 9.17) is 13.6 Å². The zero-order valence-corrected chi connectivity index (χ0v) is 16.6. The van der Waals surface area contributed by atoms with Gasteiger partial charge >= 0.3 is 5.97 Å². The Morgan fingerprint density at radius 2 is 2.14 bits per heavy atom. The lowest BCUT2D eigenvalue weighted by Gasteiger charge is -2.02. The number of ether oxygens (including phenoxy) is 1. The van der Waals surface area contributed by atoms with E-state index >= 15 is 0 Å². The summed E-state index contributed by atoms with van der Waals surface area (Å²) in [5, 5.41) is 13.1. The van der Waals surface area contributed by atoms with Crippen LogP contribution in [0.15, 0.2) is 55.8 Å². The summed E-state index contributed by atoms with van der Waals surface area (Å²) in [5.74, 6) is 1.15. The van der Waals surface area contributed by atoms with Crippen LogP contribution < -0.4 is 5.32 Å². The molecule has 3 heterocycles. The summed E-state index contributed by atoms with van der Waals surface area (Å²) in [7, 11) is 0. The number of anilines is 1. The lowest BCUT2D eigenvalue weighted by molar-refractivity contribution is 0.0491. The standard InChI is InChI=1S/C19H17N3O4S2/c1-2-24-17(23)16-14(13-7-3-4-8-15(13)26-16)11-27-19-22-21-18(28-19)20-10-12-6-5-9-25-12/h3-9H,2,10-11H2,1H3,(H,20,21). The minimum absolute atomic E-state index is 0.247. The van der Waals surface area contributed by atoms with Crippen molar-refractivity contribution in [2.45, 2.75) is 23.6 Å². The number of benzene rings is 1. The van der Waals surface area contributed by atoms with Crippen LogP contribution in [0.1, 0.15) is 28.8 Å². The zero-order valence-electron chi connectivity index (χ0n) is 15.0. The number of hydrogen-bond donors (Lipinski definition) is 1. The van der Waals surface area contributed by atoms with E-state index in [0.29, 0.717) is 29.6 Å². The number of nitrogens with zero attached hydrogens (tertiary/aromatic N) is 2. The number of fused-ring (bicyclic) bond motifs is 1. The predicted molar refractivity (Wildman–Crippen MR) is 108 cm³/mol. The molecule has 9 heteroatoms. The van der Waals surface area contributed by atoms with Gasteiger partial charge in [0.1, 0.15) is 11.3 Å². The highest BCUT2D eigenvalue weighted by Crippen LogP contribution is 2.34. The number of nitrogens with one attached hydrogen (secondary N) is 1. The van der Waals surface area contributed by atoms with Crippen molar-refractivity contribution in [2.24, 2.45) is 0 Å². The summed E-state index contributed by atoms with van der Waals surface area (Å²) < 4.78 is 17.0. The second-order valence-electron chi connectivity index (χ2n) is 5.72. The third-order valence-electron chi connectivity index (χ3n) is 3.90. The summed E-state index contributed by atoms with van der Waals surface area (Å²) >= 11 is 2.95. The van der Waals surface area contributed by atoms with Crippen LogP contribution in [-0.4, -0.2) is 22.8 Å². The summed E-state index contributed by atoms with van der Waals surface area (Å²) in [6, 6.07) is 11.3. The van der Waals surface area contributed by atoms with Crippen LogP contribution in [0.5, 0.6) is 0 Å².